The van der Waals surface area contributed by atoms with E-state index in [1.54, 1.807) is 5.56 Å². The fourth-order valence-electron chi connectivity index (χ4n) is 2.00. The van der Waals surface area contributed by atoms with E-state index in [1.165, 1.54) is 54.8 Å². The Morgan fingerprint density at radius 3 is 2.25 bits per heavy atom. The average Bonchev–Trinajstić information content (AvgIpc) is 2.30. The van der Waals surface area contributed by atoms with Crippen molar-refractivity contribution in [2.75, 3.05) is 0 Å². The first kappa shape index (κ1) is 15.7. The Morgan fingerprint density at radius 2 is 1.62 bits per heavy atom. The van der Waals surface area contributed by atoms with Gasteiger partial charge < -0.3 is 0 Å². The van der Waals surface area contributed by atoms with Crippen LogP contribution < -0.4 is 0 Å². The number of rotatable bonds is 7. The third kappa shape index (κ3) is 6.31. The summed E-state index contributed by atoms with van der Waals surface area (Å²) < 4.78 is 0.868. The van der Waals surface area contributed by atoms with Crippen LogP contribution in [0.3, 0.4) is 0 Å². The molecule has 0 aromatic heterocycles. The van der Waals surface area contributed by atoms with Crippen LogP contribution in [0.2, 0.25) is 0 Å². The van der Waals surface area contributed by atoms with Crippen LogP contribution in [-0.2, 0) is 0 Å². The lowest BCUT2D eigenvalue weighted by Gasteiger charge is -2.11. The summed E-state index contributed by atoms with van der Waals surface area (Å²) in [5.41, 5.74) is 1.56. The van der Waals surface area contributed by atoms with Crippen molar-refractivity contribution in [3.63, 3.8) is 0 Å². The summed E-state index contributed by atoms with van der Waals surface area (Å²) in [5, 5.41) is 0. The molecule has 0 aliphatic rings. The quantitative estimate of drug-likeness (QED) is 0.499. The molecule has 0 aliphatic carbocycles. The zero-order valence-corrected chi connectivity index (χ0v) is 12.6. The van der Waals surface area contributed by atoms with E-state index in [0.717, 1.165) is 4.78 Å². The number of hydrogen-bond donors (Lipinski definition) is 0. The van der Waals surface area contributed by atoms with Crippen LogP contribution in [0.25, 0.3) is 0 Å². The van der Waals surface area contributed by atoms with Crippen molar-refractivity contribution < 1.29 is 4.70 Å². The highest BCUT2D eigenvalue weighted by Crippen LogP contribution is 2.19. The fourth-order valence-corrected chi connectivity index (χ4v) is 2.80. The van der Waals surface area contributed by atoms with Crippen LogP contribution in [-0.4, -0.2) is 16.3 Å². The second-order valence-corrected chi connectivity index (χ2v) is 5.91. The minimum atomic E-state index is 0. The third-order valence-electron chi connectivity index (χ3n) is 3.11. The van der Waals surface area contributed by atoms with Crippen LogP contribution in [0.15, 0.2) is 30.3 Å². The Hall–Kier alpha value is -0.318. The van der Waals surface area contributed by atoms with Gasteiger partial charge in [-0.2, -0.15) is 0 Å². The van der Waals surface area contributed by atoms with Crippen LogP contribution >= 0.6 is 0 Å². The molecule has 0 nitrogen and oxygen atoms in total. The van der Waals surface area contributed by atoms with Crippen LogP contribution in [0.1, 0.15) is 55.8 Å². The molecular weight excluding hydrogens is 214 g/mol. The van der Waals surface area contributed by atoms with Gasteiger partial charge in [-0.3, -0.25) is 4.70 Å². The number of hydrogen-bond acceptors (Lipinski definition) is 0. The summed E-state index contributed by atoms with van der Waals surface area (Å²) in [4.78, 5) is 0. The van der Waals surface area contributed by atoms with E-state index in [4.69, 9.17) is 0 Å². The highest BCUT2D eigenvalue weighted by Gasteiger charge is 2.03. The largest absolute Gasteiger partial charge is 0.269 e. The van der Waals surface area contributed by atoms with Gasteiger partial charge in [0.15, 0.2) is 0 Å². The van der Waals surface area contributed by atoms with E-state index < -0.39 is 0 Å². The Labute approximate surface area is 107 Å². The van der Waals surface area contributed by atoms with Crippen LogP contribution in [0, 0.1) is 0 Å². The van der Waals surface area contributed by atoms with Crippen LogP contribution in [0.5, 0.6) is 0 Å². The smallest absolute Gasteiger partial charge is 0.223 e. The number of unbranched alkanes of at least 4 members (excludes halogenated alkanes) is 4. The molecule has 0 spiro atoms. The predicted octanol–water partition coefficient (Wildman–Crippen LogP) is 3.87. The summed E-state index contributed by atoms with van der Waals surface area (Å²) >= 11 is 1.30. The first-order valence-electron chi connectivity index (χ1n) is 6.39. The van der Waals surface area contributed by atoms with Crippen molar-refractivity contribution in [1.29, 1.82) is 0 Å². The van der Waals surface area contributed by atoms with Gasteiger partial charge in [0.2, 0.25) is 16.3 Å². The number of halogens is 1. The molecule has 0 N–H and O–H groups in total. The van der Waals surface area contributed by atoms with Gasteiger partial charge in [0.1, 0.15) is 0 Å². The Balaban J connectivity index is 0.00000225. The van der Waals surface area contributed by atoms with Crippen molar-refractivity contribution in [3.8, 4) is 0 Å². The molecule has 1 aromatic carbocycles. The summed E-state index contributed by atoms with van der Waals surface area (Å²) in [6, 6.07) is 11.0. The van der Waals surface area contributed by atoms with E-state index in [1.807, 2.05) is 0 Å². The summed E-state index contributed by atoms with van der Waals surface area (Å²) in [6.07, 6.45) is 8.45. The molecule has 1 rings (SSSR count). The molecule has 0 saturated heterocycles. The highest BCUT2D eigenvalue weighted by molar-refractivity contribution is 6.12. The summed E-state index contributed by atoms with van der Waals surface area (Å²) in [6.45, 7) is 2.28. The molecule has 1 atom stereocenters. The Kier molecular flexibility index (Phi) is 9.68. The lowest BCUT2D eigenvalue weighted by molar-refractivity contribution is 0.601. The maximum atomic E-state index is 2.28. The highest BCUT2D eigenvalue weighted by atomic mass is 27.0. The molecule has 0 heterocycles. The molecule has 0 saturated carbocycles. The van der Waals surface area contributed by atoms with Gasteiger partial charge in [0.25, 0.3) is 0 Å². The maximum absolute atomic E-state index is 2.28. The van der Waals surface area contributed by atoms with Crippen LogP contribution in [0.4, 0.5) is 4.70 Å². The molecular formula is C14H24AlF. The SMILES string of the molecule is CCCCCCC[CH]([AlH2])c1ccccc1.F. The van der Waals surface area contributed by atoms with E-state index in [9.17, 15) is 0 Å². The van der Waals surface area contributed by atoms with Gasteiger partial charge in [-0.25, -0.2) is 0 Å². The van der Waals surface area contributed by atoms with Crippen molar-refractivity contribution in [2.45, 2.75) is 50.2 Å². The van der Waals surface area contributed by atoms with Gasteiger partial charge >= 0.3 is 0 Å². The van der Waals surface area contributed by atoms with E-state index in [-0.39, 0.29) is 4.70 Å². The zero-order valence-electron chi connectivity index (χ0n) is 10.6. The molecule has 16 heavy (non-hydrogen) atoms. The lowest BCUT2D eigenvalue weighted by atomic mass is 10.0. The van der Waals surface area contributed by atoms with Crippen molar-refractivity contribution >= 4 is 16.3 Å². The molecule has 90 valence electrons. The molecule has 0 fully saturated rings. The second-order valence-electron chi connectivity index (χ2n) is 4.51. The summed E-state index contributed by atoms with van der Waals surface area (Å²) in [7, 11) is 0. The van der Waals surface area contributed by atoms with Gasteiger partial charge in [0.05, 0.1) is 0 Å². The monoisotopic (exact) mass is 238 g/mol. The minimum absolute atomic E-state index is 0. The van der Waals surface area contributed by atoms with Gasteiger partial charge in [-0.05, 0) is 0 Å². The second kappa shape index (κ2) is 9.88. The lowest BCUT2D eigenvalue weighted by Crippen LogP contribution is -1.97. The fraction of sp³-hybridized carbons (Fsp3) is 0.571. The van der Waals surface area contributed by atoms with Crippen molar-refractivity contribution in [3.05, 3.63) is 35.9 Å². The van der Waals surface area contributed by atoms with E-state index in [0.29, 0.717) is 0 Å². The van der Waals surface area contributed by atoms with Gasteiger partial charge in [0, 0.05) is 0 Å². The number of benzene rings is 1. The summed E-state index contributed by atoms with van der Waals surface area (Å²) in [5.74, 6) is 0. The molecule has 0 bridgehead atoms. The standard InChI is InChI=1S/C14H21.Al.FH.2H/c1-2-3-4-5-6-8-11-14-12-9-7-10-13-14;;;;/h7,9-13H,2-6,8H2,1H3;;1H;;. The zero-order chi connectivity index (χ0) is 10.9. The Morgan fingerprint density at radius 1 is 1.00 bits per heavy atom. The molecule has 0 amide bonds. The molecule has 1 unspecified atom stereocenters. The average molecular weight is 238 g/mol. The molecule has 1 aromatic rings. The normalized spacial score (nSPS) is 11.8. The minimum Gasteiger partial charge on any atom is -0.269 e. The molecule has 0 aliphatic heterocycles. The van der Waals surface area contributed by atoms with Crippen molar-refractivity contribution in [2.24, 2.45) is 0 Å². The van der Waals surface area contributed by atoms with E-state index >= 15 is 0 Å². The molecule has 2 heteroatoms. The molecule has 0 radical (unpaired) electrons. The first-order valence-corrected chi connectivity index (χ1v) is 7.55. The first-order chi connectivity index (χ1) is 7.34. The Bertz CT molecular complexity index is 248. The van der Waals surface area contributed by atoms with Gasteiger partial charge in [-0.15, -0.1) is 0 Å². The van der Waals surface area contributed by atoms with Gasteiger partial charge in [-0.1, -0.05) is 86.1 Å². The predicted molar refractivity (Wildman–Crippen MR) is 73.6 cm³/mol. The topological polar surface area (TPSA) is 0 Å². The third-order valence-corrected chi connectivity index (χ3v) is 4.35. The maximum Gasteiger partial charge on any atom is 0.223 e. The van der Waals surface area contributed by atoms with E-state index in [2.05, 4.69) is 37.3 Å². The van der Waals surface area contributed by atoms with Crippen molar-refractivity contribution in [1.82, 2.24) is 0 Å².